The van der Waals surface area contributed by atoms with Crippen LogP contribution in [-0.2, 0) is 20.8 Å². The third kappa shape index (κ3) is 4.09. The Hall–Kier alpha value is -1.84. The summed E-state index contributed by atoms with van der Waals surface area (Å²) in [6.45, 7) is 0. The van der Waals surface area contributed by atoms with Crippen molar-refractivity contribution in [3.8, 4) is 0 Å². The molecule has 1 atom stereocenters. The number of hydrogen-bond donors (Lipinski definition) is 2. The predicted molar refractivity (Wildman–Crippen MR) is 72.1 cm³/mol. The lowest BCUT2D eigenvalue weighted by molar-refractivity contribution is -0.137. The number of halogens is 3. The first-order chi connectivity index (χ1) is 10.1. The summed E-state index contributed by atoms with van der Waals surface area (Å²) in [5.41, 5.74) is -2.47. The third-order valence-corrected chi connectivity index (χ3v) is 5.14. The molecule has 0 aliphatic carbocycles. The van der Waals surface area contributed by atoms with Crippen molar-refractivity contribution in [3.63, 3.8) is 0 Å². The molecule has 0 spiro atoms. The van der Waals surface area contributed by atoms with Gasteiger partial charge in [-0.3, -0.25) is 9.59 Å². The second-order valence-corrected chi connectivity index (χ2v) is 7.38. The number of aromatic nitrogens is 1. The van der Waals surface area contributed by atoms with Gasteiger partial charge in [-0.15, -0.1) is 0 Å². The lowest BCUT2D eigenvalue weighted by Gasteiger charge is -2.10. The average molecular weight is 338 g/mol. The number of amides is 1. The van der Waals surface area contributed by atoms with E-state index in [9.17, 15) is 31.2 Å². The minimum atomic E-state index is -4.65. The number of aromatic amines is 1. The lowest BCUT2D eigenvalue weighted by atomic mass is 10.1. The van der Waals surface area contributed by atoms with E-state index in [1.807, 2.05) is 4.98 Å². The van der Waals surface area contributed by atoms with Gasteiger partial charge in [0.2, 0.25) is 5.91 Å². The summed E-state index contributed by atoms with van der Waals surface area (Å²) in [5, 5.41) is 2.10. The number of rotatable bonds is 3. The quantitative estimate of drug-likeness (QED) is 0.864. The monoisotopic (exact) mass is 338 g/mol. The molecule has 2 rings (SSSR count). The van der Waals surface area contributed by atoms with Gasteiger partial charge in [0, 0.05) is 12.6 Å². The molecule has 1 saturated heterocycles. The van der Waals surface area contributed by atoms with Gasteiger partial charge in [0.15, 0.2) is 9.84 Å². The Bertz CT molecular complexity index is 739. The van der Waals surface area contributed by atoms with Crippen LogP contribution in [0.5, 0.6) is 0 Å². The van der Waals surface area contributed by atoms with E-state index in [2.05, 4.69) is 5.32 Å². The summed E-state index contributed by atoms with van der Waals surface area (Å²) < 4.78 is 60.2. The second-order valence-electron chi connectivity index (χ2n) is 5.15. The number of nitrogens with one attached hydrogen (secondary N) is 2. The van der Waals surface area contributed by atoms with Gasteiger partial charge in [0.1, 0.15) is 5.69 Å². The molecule has 1 fully saturated rings. The summed E-state index contributed by atoms with van der Waals surface area (Å²) in [6, 6.07) is 0.544. The van der Waals surface area contributed by atoms with Gasteiger partial charge < -0.3 is 10.3 Å². The maximum absolute atomic E-state index is 12.5. The highest BCUT2D eigenvalue weighted by Crippen LogP contribution is 2.29. The van der Waals surface area contributed by atoms with Gasteiger partial charge in [-0.05, 0) is 18.4 Å². The van der Waals surface area contributed by atoms with Crippen molar-refractivity contribution in [1.29, 1.82) is 0 Å². The van der Waals surface area contributed by atoms with E-state index in [1.54, 1.807) is 0 Å². The molecule has 22 heavy (non-hydrogen) atoms. The normalized spacial score (nSPS) is 20.8. The van der Waals surface area contributed by atoms with E-state index in [4.69, 9.17) is 0 Å². The number of carbonyl (C=O) groups excluding carboxylic acids is 1. The molecule has 1 aromatic heterocycles. The Morgan fingerprint density at radius 1 is 1.41 bits per heavy atom. The van der Waals surface area contributed by atoms with E-state index in [-0.39, 0.29) is 23.8 Å². The molecule has 0 aromatic carbocycles. The second kappa shape index (κ2) is 5.75. The molecule has 0 bridgehead atoms. The van der Waals surface area contributed by atoms with Crippen LogP contribution in [0.4, 0.5) is 18.9 Å². The number of sulfone groups is 1. The molecule has 0 saturated carbocycles. The maximum Gasteiger partial charge on any atom is 0.417 e. The van der Waals surface area contributed by atoms with E-state index in [1.165, 1.54) is 0 Å². The summed E-state index contributed by atoms with van der Waals surface area (Å²) in [6.07, 6.45) is -3.96. The first-order valence-corrected chi connectivity index (χ1v) is 8.19. The number of H-pyrrole nitrogens is 1. The Kier molecular flexibility index (Phi) is 4.32. The topological polar surface area (TPSA) is 96.1 Å². The Morgan fingerprint density at radius 3 is 2.64 bits per heavy atom. The first kappa shape index (κ1) is 16.5. The fourth-order valence-corrected chi connectivity index (χ4v) is 4.10. The van der Waals surface area contributed by atoms with Gasteiger partial charge in [-0.25, -0.2) is 8.42 Å². The Morgan fingerprint density at radius 2 is 2.09 bits per heavy atom. The molecule has 2 heterocycles. The average Bonchev–Trinajstić information content (AvgIpc) is 2.70. The van der Waals surface area contributed by atoms with Crippen molar-refractivity contribution >= 4 is 21.4 Å². The van der Waals surface area contributed by atoms with Crippen molar-refractivity contribution in [1.82, 2.24) is 4.98 Å². The van der Waals surface area contributed by atoms with Crippen LogP contribution in [0, 0.1) is 5.92 Å². The zero-order valence-electron chi connectivity index (χ0n) is 11.2. The molecule has 1 amide bonds. The molecule has 1 aliphatic rings. The highest BCUT2D eigenvalue weighted by Gasteiger charge is 2.32. The smallest absolute Gasteiger partial charge is 0.327 e. The summed E-state index contributed by atoms with van der Waals surface area (Å²) in [7, 11) is -3.14. The molecular formula is C12H13F3N2O4S. The van der Waals surface area contributed by atoms with Crippen LogP contribution in [0.15, 0.2) is 17.1 Å². The highest BCUT2D eigenvalue weighted by molar-refractivity contribution is 7.91. The molecule has 0 radical (unpaired) electrons. The fourth-order valence-electron chi connectivity index (χ4n) is 2.24. The van der Waals surface area contributed by atoms with Crippen LogP contribution < -0.4 is 10.9 Å². The predicted octanol–water partition coefficient (Wildman–Crippen LogP) is 1.16. The molecule has 10 heteroatoms. The van der Waals surface area contributed by atoms with E-state index >= 15 is 0 Å². The lowest BCUT2D eigenvalue weighted by Crippen LogP contribution is -2.23. The molecule has 0 unspecified atom stereocenters. The molecule has 1 aliphatic heterocycles. The summed E-state index contributed by atoms with van der Waals surface area (Å²) >= 11 is 0. The highest BCUT2D eigenvalue weighted by atomic mass is 32.2. The van der Waals surface area contributed by atoms with Gasteiger partial charge in [0.05, 0.1) is 17.1 Å². The Labute approximate surface area is 123 Å². The standard InChI is InChI=1S/C12H13F3N2O4S/c13-12(14,15)8-4-9(11(19)16-5-8)17-10(18)3-7-1-2-22(20,21)6-7/h4-5,7H,1-3,6H2,(H,16,19)(H,17,18)/t7-/m1/s1. The van der Waals surface area contributed by atoms with Crippen LogP contribution in [-0.4, -0.2) is 30.8 Å². The van der Waals surface area contributed by atoms with Gasteiger partial charge in [-0.2, -0.15) is 13.2 Å². The van der Waals surface area contributed by atoms with Crippen LogP contribution in [0.25, 0.3) is 0 Å². The van der Waals surface area contributed by atoms with Crippen molar-refractivity contribution in [2.24, 2.45) is 5.92 Å². The molecular weight excluding hydrogens is 325 g/mol. The number of pyridine rings is 1. The number of hydrogen-bond acceptors (Lipinski definition) is 4. The SMILES string of the molecule is O=C(C[C@H]1CCS(=O)(=O)C1)Nc1cc(C(F)(F)F)c[nH]c1=O. The third-order valence-electron chi connectivity index (χ3n) is 3.31. The number of alkyl halides is 3. The van der Waals surface area contributed by atoms with Crippen molar-refractivity contribution in [2.45, 2.75) is 19.0 Å². The van der Waals surface area contributed by atoms with Crippen molar-refractivity contribution in [2.75, 3.05) is 16.8 Å². The molecule has 2 N–H and O–H groups in total. The van der Waals surface area contributed by atoms with Crippen LogP contribution in [0.1, 0.15) is 18.4 Å². The van der Waals surface area contributed by atoms with Gasteiger partial charge in [-0.1, -0.05) is 0 Å². The number of anilines is 1. The fraction of sp³-hybridized carbons (Fsp3) is 0.500. The van der Waals surface area contributed by atoms with Crippen LogP contribution in [0.3, 0.4) is 0 Å². The maximum atomic E-state index is 12.5. The Balaban J connectivity index is 2.07. The molecule has 6 nitrogen and oxygen atoms in total. The zero-order chi connectivity index (χ0) is 16.5. The largest absolute Gasteiger partial charge is 0.417 e. The van der Waals surface area contributed by atoms with Crippen molar-refractivity contribution in [3.05, 3.63) is 28.2 Å². The van der Waals surface area contributed by atoms with E-state index < -0.39 is 38.7 Å². The zero-order valence-corrected chi connectivity index (χ0v) is 12.1. The van der Waals surface area contributed by atoms with E-state index in [0.29, 0.717) is 18.7 Å². The van der Waals surface area contributed by atoms with Gasteiger partial charge in [0.25, 0.3) is 5.56 Å². The number of carbonyl (C=O) groups is 1. The van der Waals surface area contributed by atoms with Crippen LogP contribution >= 0.6 is 0 Å². The van der Waals surface area contributed by atoms with Gasteiger partial charge >= 0.3 is 6.18 Å². The molecule has 122 valence electrons. The van der Waals surface area contributed by atoms with Crippen molar-refractivity contribution < 1.29 is 26.4 Å². The minimum absolute atomic E-state index is 0.00487. The summed E-state index contributed by atoms with van der Waals surface area (Å²) in [5.74, 6) is -1.20. The van der Waals surface area contributed by atoms with Crippen LogP contribution in [0.2, 0.25) is 0 Å². The summed E-state index contributed by atoms with van der Waals surface area (Å²) in [4.78, 5) is 25.1. The first-order valence-electron chi connectivity index (χ1n) is 6.37. The molecule has 1 aromatic rings. The minimum Gasteiger partial charge on any atom is -0.327 e. The van der Waals surface area contributed by atoms with E-state index in [0.717, 1.165) is 0 Å².